The molecule has 0 heterocycles. The number of hydrogen-bond donors (Lipinski definition) is 1. The van der Waals surface area contributed by atoms with Gasteiger partial charge in [0, 0.05) is 11.8 Å². The van der Waals surface area contributed by atoms with E-state index in [4.69, 9.17) is 9.47 Å². The van der Waals surface area contributed by atoms with Crippen LogP contribution in [0.2, 0.25) is 0 Å². The van der Waals surface area contributed by atoms with Gasteiger partial charge in [0.1, 0.15) is 23.1 Å². The fourth-order valence-corrected chi connectivity index (χ4v) is 2.29. The number of carbonyl (C=O) groups is 1. The number of carbonyl (C=O) groups excluding carboxylic acids is 1. The smallest absolute Gasteiger partial charge is 0.266 e. The maximum atomic E-state index is 12.4. The zero-order valence-corrected chi connectivity index (χ0v) is 15.9. The van der Waals surface area contributed by atoms with Gasteiger partial charge in [0.05, 0.1) is 13.7 Å². The number of nitrogens with zero attached hydrogens (tertiary/aromatic N) is 1. The van der Waals surface area contributed by atoms with E-state index in [-0.39, 0.29) is 5.57 Å². The van der Waals surface area contributed by atoms with Crippen molar-refractivity contribution in [2.24, 2.45) is 5.92 Å². The number of amides is 1. The largest absolute Gasteiger partial charge is 0.497 e. The van der Waals surface area contributed by atoms with Crippen LogP contribution in [-0.2, 0) is 4.79 Å². The molecule has 0 spiro atoms. The number of hydrogen-bond acceptors (Lipinski definition) is 4. The second-order valence-electron chi connectivity index (χ2n) is 6.46. The molecule has 0 atom stereocenters. The molecule has 27 heavy (non-hydrogen) atoms. The first-order valence-electron chi connectivity index (χ1n) is 8.82. The van der Waals surface area contributed by atoms with Crippen molar-refractivity contribution in [3.8, 4) is 17.6 Å². The Hall–Kier alpha value is -3.26. The van der Waals surface area contributed by atoms with Crippen LogP contribution in [0.15, 0.2) is 54.1 Å². The number of benzene rings is 2. The molecule has 0 saturated heterocycles. The van der Waals surface area contributed by atoms with Crippen LogP contribution in [0.3, 0.4) is 0 Å². The van der Waals surface area contributed by atoms with Crippen LogP contribution in [0.1, 0.15) is 25.8 Å². The van der Waals surface area contributed by atoms with Gasteiger partial charge in [-0.15, -0.1) is 0 Å². The van der Waals surface area contributed by atoms with E-state index in [1.165, 1.54) is 0 Å². The Kier molecular flexibility index (Phi) is 7.45. The van der Waals surface area contributed by atoms with Crippen molar-refractivity contribution in [1.29, 1.82) is 5.26 Å². The van der Waals surface area contributed by atoms with Crippen LogP contribution < -0.4 is 14.8 Å². The van der Waals surface area contributed by atoms with Gasteiger partial charge in [0.25, 0.3) is 5.91 Å². The zero-order valence-electron chi connectivity index (χ0n) is 15.9. The molecule has 2 aromatic rings. The van der Waals surface area contributed by atoms with E-state index in [2.05, 4.69) is 19.2 Å². The molecule has 0 bridgehead atoms. The Morgan fingerprint density at radius 2 is 1.93 bits per heavy atom. The summed E-state index contributed by atoms with van der Waals surface area (Å²) < 4.78 is 10.8. The fraction of sp³-hybridized carbons (Fsp3) is 0.273. The topological polar surface area (TPSA) is 71.3 Å². The minimum Gasteiger partial charge on any atom is -0.497 e. The molecule has 0 fully saturated rings. The fourth-order valence-electron chi connectivity index (χ4n) is 2.29. The van der Waals surface area contributed by atoms with Crippen LogP contribution in [0, 0.1) is 17.2 Å². The van der Waals surface area contributed by atoms with Gasteiger partial charge in [-0.25, -0.2) is 0 Å². The van der Waals surface area contributed by atoms with Crippen molar-refractivity contribution in [3.05, 3.63) is 59.7 Å². The van der Waals surface area contributed by atoms with E-state index in [0.29, 0.717) is 24.0 Å². The first kappa shape index (κ1) is 20.1. The van der Waals surface area contributed by atoms with E-state index >= 15 is 0 Å². The van der Waals surface area contributed by atoms with Gasteiger partial charge in [-0.2, -0.15) is 5.26 Å². The summed E-state index contributed by atoms with van der Waals surface area (Å²) in [6.45, 7) is 4.97. The maximum absolute atomic E-state index is 12.4. The minimum atomic E-state index is -0.469. The Balaban J connectivity index is 2.04. The van der Waals surface area contributed by atoms with E-state index in [1.54, 1.807) is 37.5 Å². The average molecular weight is 364 g/mol. The van der Waals surface area contributed by atoms with Crippen molar-refractivity contribution >= 4 is 17.7 Å². The molecular formula is C22H24N2O3. The minimum absolute atomic E-state index is 0.0197. The summed E-state index contributed by atoms with van der Waals surface area (Å²) in [4.78, 5) is 12.4. The zero-order chi connectivity index (χ0) is 19.6. The Labute approximate surface area is 160 Å². The highest BCUT2D eigenvalue weighted by Crippen LogP contribution is 2.19. The molecule has 0 saturated carbocycles. The summed E-state index contributed by atoms with van der Waals surface area (Å²) in [5, 5.41) is 12.0. The molecule has 2 rings (SSSR count). The molecule has 0 aliphatic heterocycles. The van der Waals surface area contributed by atoms with Gasteiger partial charge >= 0.3 is 0 Å². The summed E-state index contributed by atoms with van der Waals surface area (Å²) >= 11 is 0. The molecule has 1 amide bonds. The molecule has 0 aliphatic carbocycles. The van der Waals surface area contributed by atoms with Crippen LogP contribution in [0.5, 0.6) is 11.5 Å². The summed E-state index contributed by atoms with van der Waals surface area (Å²) in [5.74, 6) is 1.52. The number of ether oxygens (including phenoxy) is 2. The van der Waals surface area contributed by atoms with Crippen molar-refractivity contribution in [1.82, 2.24) is 0 Å². The lowest BCUT2D eigenvalue weighted by atomic mass is 10.1. The number of rotatable bonds is 8. The number of anilines is 1. The van der Waals surface area contributed by atoms with Gasteiger partial charge < -0.3 is 14.8 Å². The van der Waals surface area contributed by atoms with E-state index in [0.717, 1.165) is 17.7 Å². The molecule has 0 aromatic heterocycles. The third kappa shape index (κ3) is 6.52. The molecule has 140 valence electrons. The van der Waals surface area contributed by atoms with E-state index in [9.17, 15) is 10.1 Å². The lowest BCUT2D eigenvalue weighted by Crippen LogP contribution is -2.13. The average Bonchev–Trinajstić information content (AvgIpc) is 2.67. The lowest BCUT2D eigenvalue weighted by molar-refractivity contribution is -0.112. The van der Waals surface area contributed by atoms with Gasteiger partial charge in [-0.3, -0.25) is 4.79 Å². The molecule has 0 unspecified atom stereocenters. The predicted molar refractivity (Wildman–Crippen MR) is 107 cm³/mol. The highest BCUT2D eigenvalue weighted by Gasteiger charge is 2.10. The monoisotopic (exact) mass is 364 g/mol. The third-order valence-electron chi connectivity index (χ3n) is 3.85. The molecule has 0 radical (unpaired) electrons. The van der Waals surface area contributed by atoms with Crippen molar-refractivity contribution in [2.45, 2.75) is 20.3 Å². The van der Waals surface area contributed by atoms with E-state index < -0.39 is 5.91 Å². The quantitative estimate of drug-likeness (QED) is 0.546. The Bertz CT molecular complexity index is 833. The predicted octanol–water partition coefficient (Wildman–Crippen LogP) is 4.67. The van der Waals surface area contributed by atoms with Gasteiger partial charge in [0.2, 0.25) is 0 Å². The molecule has 0 aliphatic rings. The normalized spacial score (nSPS) is 11.0. The van der Waals surface area contributed by atoms with Gasteiger partial charge in [0.15, 0.2) is 0 Å². The SMILES string of the molecule is COc1cccc(NC(=O)/C(C#N)=C/c2ccc(OCCC(C)C)cc2)c1. The van der Waals surface area contributed by atoms with Crippen molar-refractivity contribution < 1.29 is 14.3 Å². The number of methoxy groups -OCH3 is 1. The summed E-state index contributed by atoms with van der Waals surface area (Å²) in [6.07, 6.45) is 2.54. The van der Waals surface area contributed by atoms with Crippen LogP contribution in [-0.4, -0.2) is 19.6 Å². The highest BCUT2D eigenvalue weighted by molar-refractivity contribution is 6.09. The Morgan fingerprint density at radius 3 is 2.56 bits per heavy atom. The van der Waals surface area contributed by atoms with Crippen molar-refractivity contribution in [3.63, 3.8) is 0 Å². The first-order chi connectivity index (χ1) is 13.0. The van der Waals surface area contributed by atoms with Gasteiger partial charge in [-0.1, -0.05) is 32.0 Å². The molecule has 5 nitrogen and oxygen atoms in total. The Morgan fingerprint density at radius 1 is 1.19 bits per heavy atom. The van der Waals surface area contributed by atoms with Crippen LogP contribution in [0.25, 0.3) is 6.08 Å². The van der Waals surface area contributed by atoms with E-state index in [1.807, 2.05) is 30.3 Å². The molecule has 1 N–H and O–H groups in total. The maximum Gasteiger partial charge on any atom is 0.266 e. The summed E-state index contributed by atoms with van der Waals surface area (Å²) in [7, 11) is 1.55. The second kappa shape index (κ2) is 10.0. The third-order valence-corrected chi connectivity index (χ3v) is 3.85. The standard InChI is InChI=1S/C22H24N2O3/c1-16(2)11-12-27-20-9-7-17(8-10-20)13-18(15-23)22(25)24-19-5-4-6-21(14-19)26-3/h4-10,13-14,16H,11-12H2,1-3H3,(H,24,25)/b18-13+. The highest BCUT2D eigenvalue weighted by atomic mass is 16.5. The van der Waals surface area contributed by atoms with Crippen LogP contribution in [0.4, 0.5) is 5.69 Å². The van der Waals surface area contributed by atoms with Gasteiger partial charge in [-0.05, 0) is 48.2 Å². The molecule has 5 heteroatoms. The summed E-state index contributed by atoms with van der Waals surface area (Å²) in [6, 6.07) is 16.2. The molecular weight excluding hydrogens is 340 g/mol. The first-order valence-corrected chi connectivity index (χ1v) is 8.82. The van der Waals surface area contributed by atoms with Crippen LogP contribution >= 0.6 is 0 Å². The molecule has 2 aromatic carbocycles. The lowest BCUT2D eigenvalue weighted by Gasteiger charge is -2.08. The number of nitriles is 1. The van der Waals surface area contributed by atoms with Crippen molar-refractivity contribution in [2.75, 3.05) is 19.0 Å². The summed E-state index contributed by atoms with van der Waals surface area (Å²) in [5.41, 5.74) is 1.34. The number of nitrogens with one attached hydrogen (secondary N) is 1. The second-order valence-corrected chi connectivity index (χ2v) is 6.46.